The van der Waals surface area contributed by atoms with Crippen LogP contribution in [0.25, 0.3) is 0 Å². The Labute approximate surface area is 158 Å². The maximum Gasteiger partial charge on any atom is 0.257 e. The molecule has 1 aromatic carbocycles. The number of rotatable bonds is 6. The van der Waals surface area contributed by atoms with Crippen molar-refractivity contribution in [1.82, 2.24) is 24.9 Å². The number of hydrogen-bond donors (Lipinski definition) is 1. The van der Waals surface area contributed by atoms with Gasteiger partial charge in [0.25, 0.3) is 5.91 Å². The van der Waals surface area contributed by atoms with Crippen LogP contribution in [-0.2, 0) is 11.3 Å². The van der Waals surface area contributed by atoms with Crippen LogP contribution in [0.15, 0.2) is 42.7 Å². The Bertz CT molecular complexity index is 792. The minimum absolute atomic E-state index is 0.0105. The number of piperazine rings is 1. The van der Waals surface area contributed by atoms with E-state index in [4.69, 9.17) is 0 Å². The van der Waals surface area contributed by atoms with E-state index in [1.165, 1.54) is 0 Å². The van der Waals surface area contributed by atoms with Crippen molar-refractivity contribution >= 4 is 11.8 Å². The van der Waals surface area contributed by atoms with Gasteiger partial charge in [0.15, 0.2) is 0 Å². The topological polar surface area (TPSA) is 70.5 Å². The molecule has 2 aliphatic rings. The zero-order valence-electron chi connectivity index (χ0n) is 15.4. The smallest absolute Gasteiger partial charge is 0.257 e. The van der Waals surface area contributed by atoms with Gasteiger partial charge in [-0.05, 0) is 18.4 Å². The van der Waals surface area contributed by atoms with Crippen molar-refractivity contribution in [1.29, 1.82) is 0 Å². The molecule has 7 heteroatoms. The molecule has 0 atom stereocenters. The van der Waals surface area contributed by atoms with Gasteiger partial charge in [-0.25, -0.2) is 0 Å². The van der Waals surface area contributed by atoms with Crippen LogP contribution in [0.3, 0.4) is 0 Å². The maximum absolute atomic E-state index is 12.7. The summed E-state index contributed by atoms with van der Waals surface area (Å²) >= 11 is 0. The lowest BCUT2D eigenvalue weighted by atomic mass is 10.2. The van der Waals surface area contributed by atoms with Crippen molar-refractivity contribution in [3.8, 4) is 0 Å². The predicted octanol–water partition coefficient (Wildman–Crippen LogP) is 0.968. The summed E-state index contributed by atoms with van der Waals surface area (Å²) < 4.78 is 1.79. The number of carbonyl (C=O) groups excluding carboxylic acids is 2. The monoisotopic (exact) mass is 367 g/mol. The van der Waals surface area contributed by atoms with Gasteiger partial charge in [-0.15, -0.1) is 0 Å². The van der Waals surface area contributed by atoms with Crippen molar-refractivity contribution in [2.24, 2.45) is 0 Å². The molecule has 27 heavy (non-hydrogen) atoms. The normalized spacial score (nSPS) is 17.7. The van der Waals surface area contributed by atoms with E-state index in [0.29, 0.717) is 37.8 Å². The Morgan fingerprint density at radius 1 is 1.07 bits per heavy atom. The second kappa shape index (κ2) is 7.92. The molecule has 4 rings (SSSR count). The van der Waals surface area contributed by atoms with Crippen LogP contribution in [0.4, 0.5) is 0 Å². The van der Waals surface area contributed by atoms with Crippen molar-refractivity contribution in [3.63, 3.8) is 0 Å². The van der Waals surface area contributed by atoms with Crippen LogP contribution in [0.1, 0.15) is 28.8 Å². The number of carbonyl (C=O) groups is 2. The number of nitrogens with one attached hydrogen (secondary N) is 1. The van der Waals surface area contributed by atoms with Gasteiger partial charge in [0.1, 0.15) is 0 Å². The molecule has 1 N–H and O–H groups in total. The van der Waals surface area contributed by atoms with Gasteiger partial charge in [0.2, 0.25) is 5.91 Å². The molecule has 2 heterocycles. The molecule has 0 unspecified atom stereocenters. The van der Waals surface area contributed by atoms with Gasteiger partial charge in [-0.1, -0.05) is 30.3 Å². The third kappa shape index (κ3) is 4.74. The summed E-state index contributed by atoms with van der Waals surface area (Å²) in [5.41, 5.74) is 1.77. The second-order valence-electron chi connectivity index (χ2n) is 7.32. The number of aromatic nitrogens is 2. The molecule has 2 amide bonds. The lowest BCUT2D eigenvalue weighted by molar-refractivity contribution is -0.122. The van der Waals surface area contributed by atoms with Gasteiger partial charge in [-0.2, -0.15) is 5.10 Å². The molecule has 142 valence electrons. The van der Waals surface area contributed by atoms with E-state index < -0.39 is 0 Å². The first-order valence-corrected chi connectivity index (χ1v) is 9.55. The zero-order chi connectivity index (χ0) is 18.6. The largest absolute Gasteiger partial charge is 0.352 e. The Kier molecular flexibility index (Phi) is 5.20. The van der Waals surface area contributed by atoms with Crippen molar-refractivity contribution in [2.75, 3.05) is 32.7 Å². The minimum atomic E-state index is 0.0105. The standard InChI is InChI=1S/C20H25N5O2/c26-19(22-18-6-7-18)15-23-8-10-24(11-9-23)20(27)17-12-21-25(14-17)13-16-4-2-1-3-5-16/h1-5,12,14,18H,6-11,13,15H2,(H,22,26). The summed E-state index contributed by atoms with van der Waals surface area (Å²) in [4.78, 5) is 28.6. The minimum Gasteiger partial charge on any atom is -0.352 e. The zero-order valence-corrected chi connectivity index (χ0v) is 15.4. The maximum atomic E-state index is 12.7. The van der Waals surface area contributed by atoms with Gasteiger partial charge in [-0.3, -0.25) is 19.2 Å². The fraction of sp³-hybridized carbons (Fsp3) is 0.450. The lowest BCUT2D eigenvalue weighted by Gasteiger charge is -2.34. The number of hydrogen-bond acceptors (Lipinski definition) is 4. The van der Waals surface area contributed by atoms with E-state index in [1.807, 2.05) is 41.4 Å². The Balaban J connectivity index is 1.27. The number of nitrogens with zero attached hydrogens (tertiary/aromatic N) is 4. The Hall–Kier alpha value is -2.67. The van der Waals surface area contributed by atoms with E-state index in [9.17, 15) is 9.59 Å². The third-order valence-electron chi connectivity index (χ3n) is 5.04. The fourth-order valence-electron chi connectivity index (χ4n) is 3.33. The molecular weight excluding hydrogens is 342 g/mol. The first-order valence-electron chi connectivity index (χ1n) is 9.55. The van der Waals surface area contributed by atoms with E-state index >= 15 is 0 Å². The van der Waals surface area contributed by atoms with Crippen molar-refractivity contribution in [3.05, 3.63) is 53.9 Å². The van der Waals surface area contributed by atoms with E-state index in [-0.39, 0.29) is 11.8 Å². The molecule has 0 spiro atoms. The molecule has 2 fully saturated rings. The Morgan fingerprint density at radius 3 is 2.52 bits per heavy atom. The number of amides is 2. The summed E-state index contributed by atoms with van der Waals surface area (Å²) in [5.74, 6) is 0.107. The van der Waals surface area contributed by atoms with E-state index in [2.05, 4.69) is 15.3 Å². The highest BCUT2D eigenvalue weighted by molar-refractivity contribution is 5.93. The molecule has 1 aliphatic carbocycles. The molecule has 1 saturated heterocycles. The molecule has 0 bridgehead atoms. The summed E-state index contributed by atoms with van der Waals surface area (Å²) in [6, 6.07) is 10.5. The average Bonchev–Trinajstić information content (AvgIpc) is 3.37. The van der Waals surface area contributed by atoms with Crippen LogP contribution in [-0.4, -0.2) is 70.2 Å². The highest BCUT2D eigenvalue weighted by atomic mass is 16.2. The van der Waals surface area contributed by atoms with Gasteiger partial charge in [0.05, 0.1) is 24.8 Å². The second-order valence-corrected chi connectivity index (χ2v) is 7.32. The van der Waals surface area contributed by atoms with E-state index in [0.717, 1.165) is 31.5 Å². The molecule has 1 aromatic heterocycles. The van der Waals surface area contributed by atoms with Crippen LogP contribution in [0.2, 0.25) is 0 Å². The third-order valence-corrected chi connectivity index (χ3v) is 5.04. The van der Waals surface area contributed by atoms with Gasteiger partial charge >= 0.3 is 0 Å². The van der Waals surface area contributed by atoms with E-state index in [1.54, 1.807) is 10.9 Å². The van der Waals surface area contributed by atoms with Crippen molar-refractivity contribution < 1.29 is 9.59 Å². The molecule has 7 nitrogen and oxygen atoms in total. The highest BCUT2D eigenvalue weighted by Gasteiger charge is 2.27. The van der Waals surface area contributed by atoms with Crippen molar-refractivity contribution in [2.45, 2.75) is 25.4 Å². The number of benzene rings is 1. The summed E-state index contributed by atoms with van der Waals surface area (Å²) in [5, 5.41) is 7.33. The Morgan fingerprint density at radius 2 is 1.81 bits per heavy atom. The average molecular weight is 367 g/mol. The molecule has 0 radical (unpaired) electrons. The van der Waals surface area contributed by atoms with Gasteiger partial charge < -0.3 is 10.2 Å². The first kappa shape index (κ1) is 17.7. The highest BCUT2D eigenvalue weighted by Crippen LogP contribution is 2.18. The molecular formula is C20H25N5O2. The van der Waals surface area contributed by atoms with Crippen LogP contribution < -0.4 is 5.32 Å². The quantitative estimate of drug-likeness (QED) is 0.826. The summed E-state index contributed by atoms with van der Waals surface area (Å²) in [6.45, 7) is 3.80. The lowest BCUT2D eigenvalue weighted by Crippen LogP contribution is -2.51. The molecule has 1 saturated carbocycles. The summed E-state index contributed by atoms with van der Waals surface area (Å²) in [7, 11) is 0. The molecule has 2 aromatic rings. The van der Waals surface area contributed by atoms with Crippen LogP contribution in [0.5, 0.6) is 0 Å². The predicted molar refractivity (Wildman–Crippen MR) is 101 cm³/mol. The van der Waals surface area contributed by atoms with Crippen LogP contribution in [0, 0.1) is 0 Å². The molecule has 1 aliphatic heterocycles. The summed E-state index contributed by atoms with van der Waals surface area (Å²) in [6.07, 6.45) is 5.66. The SMILES string of the molecule is O=C(CN1CCN(C(=O)c2cnn(Cc3ccccc3)c2)CC1)NC1CC1. The fourth-order valence-corrected chi connectivity index (χ4v) is 3.33. The first-order chi connectivity index (χ1) is 13.2. The van der Waals surface area contributed by atoms with Crippen LogP contribution >= 0.6 is 0 Å². The van der Waals surface area contributed by atoms with Gasteiger partial charge in [0, 0.05) is 38.4 Å².